The molecule has 150 valence electrons. The van der Waals surface area contributed by atoms with Crippen LogP contribution in [0.25, 0.3) is 0 Å². The van der Waals surface area contributed by atoms with Crippen molar-refractivity contribution in [2.24, 2.45) is 4.99 Å². The molecule has 1 atom stereocenters. The van der Waals surface area contributed by atoms with Crippen LogP contribution in [-0.4, -0.2) is 30.8 Å². The van der Waals surface area contributed by atoms with E-state index in [2.05, 4.69) is 46.8 Å². The van der Waals surface area contributed by atoms with Gasteiger partial charge in [0.15, 0.2) is 11.7 Å². The molecule has 0 spiro atoms. The maximum Gasteiger partial charge on any atom is 0.191 e. The Morgan fingerprint density at radius 2 is 2.00 bits per heavy atom. The third-order valence-corrected chi connectivity index (χ3v) is 3.96. The summed E-state index contributed by atoms with van der Waals surface area (Å²) in [5.74, 6) is 1.55. The van der Waals surface area contributed by atoms with Crippen molar-refractivity contribution in [1.82, 2.24) is 15.8 Å². The molecular formula is C20H31IN4O2. The van der Waals surface area contributed by atoms with Gasteiger partial charge in [-0.3, -0.25) is 0 Å². The first-order valence-electron chi connectivity index (χ1n) is 9.36. The minimum Gasteiger partial charge on any atom is -0.374 e. The zero-order valence-corrected chi connectivity index (χ0v) is 18.7. The number of aliphatic imine (C=N–C) groups is 1. The van der Waals surface area contributed by atoms with Gasteiger partial charge in [-0.1, -0.05) is 42.4 Å². The van der Waals surface area contributed by atoms with Crippen molar-refractivity contribution in [3.63, 3.8) is 0 Å². The molecule has 2 N–H and O–H groups in total. The Bertz CT molecular complexity index is 661. The maximum absolute atomic E-state index is 5.89. The van der Waals surface area contributed by atoms with Crippen molar-refractivity contribution in [3.05, 3.63) is 53.4 Å². The van der Waals surface area contributed by atoms with Gasteiger partial charge in [-0.25, -0.2) is 4.99 Å². The highest BCUT2D eigenvalue weighted by molar-refractivity contribution is 14.0. The highest BCUT2D eigenvalue weighted by Gasteiger charge is 2.05. The van der Waals surface area contributed by atoms with Gasteiger partial charge in [0.25, 0.3) is 0 Å². The van der Waals surface area contributed by atoms with Gasteiger partial charge < -0.3 is 19.9 Å². The minimum absolute atomic E-state index is 0. The lowest BCUT2D eigenvalue weighted by molar-refractivity contribution is 0.0646. The topological polar surface area (TPSA) is 71.7 Å². The second-order valence-electron chi connectivity index (χ2n) is 6.04. The molecule has 6 nitrogen and oxygen atoms in total. The molecule has 0 saturated heterocycles. The molecule has 0 radical (unpaired) electrons. The van der Waals surface area contributed by atoms with Gasteiger partial charge in [-0.15, -0.1) is 24.0 Å². The van der Waals surface area contributed by atoms with E-state index in [4.69, 9.17) is 9.26 Å². The Morgan fingerprint density at radius 1 is 1.22 bits per heavy atom. The fraction of sp³-hybridized carbons (Fsp3) is 0.500. The van der Waals surface area contributed by atoms with Gasteiger partial charge >= 0.3 is 0 Å². The molecule has 1 heterocycles. The average molecular weight is 486 g/mol. The zero-order chi connectivity index (χ0) is 18.6. The van der Waals surface area contributed by atoms with Crippen molar-refractivity contribution in [2.45, 2.75) is 46.3 Å². The van der Waals surface area contributed by atoms with Crippen molar-refractivity contribution >= 4 is 29.9 Å². The summed E-state index contributed by atoms with van der Waals surface area (Å²) >= 11 is 0. The van der Waals surface area contributed by atoms with E-state index in [9.17, 15) is 0 Å². The lowest BCUT2D eigenvalue weighted by Gasteiger charge is -2.14. The van der Waals surface area contributed by atoms with Crippen LogP contribution in [-0.2, 0) is 17.7 Å². The molecule has 0 aliphatic carbocycles. The Balaban J connectivity index is 0.00000364. The van der Waals surface area contributed by atoms with Crippen molar-refractivity contribution < 1.29 is 9.26 Å². The SMILES string of the molecule is CCNC(=NCc1cc(CC)no1)NCCCOC(C)c1ccccc1.I. The zero-order valence-electron chi connectivity index (χ0n) is 16.4. The van der Waals surface area contributed by atoms with Gasteiger partial charge in [-0.2, -0.15) is 0 Å². The Kier molecular flexibility index (Phi) is 11.8. The third kappa shape index (κ3) is 8.75. The quantitative estimate of drug-likeness (QED) is 0.229. The van der Waals surface area contributed by atoms with Crippen LogP contribution in [0.4, 0.5) is 0 Å². The first kappa shape index (κ1) is 23.4. The molecule has 2 rings (SSSR count). The summed E-state index contributed by atoms with van der Waals surface area (Å²) in [7, 11) is 0. The number of nitrogens with one attached hydrogen (secondary N) is 2. The molecule has 0 bridgehead atoms. The van der Waals surface area contributed by atoms with Crippen molar-refractivity contribution in [1.29, 1.82) is 0 Å². The first-order valence-corrected chi connectivity index (χ1v) is 9.36. The lowest BCUT2D eigenvalue weighted by atomic mass is 10.1. The monoisotopic (exact) mass is 486 g/mol. The first-order chi connectivity index (χ1) is 12.7. The van der Waals surface area contributed by atoms with E-state index in [1.54, 1.807) is 0 Å². The van der Waals surface area contributed by atoms with Crippen LogP contribution >= 0.6 is 24.0 Å². The number of rotatable bonds is 10. The highest BCUT2D eigenvalue weighted by atomic mass is 127. The van der Waals surface area contributed by atoms with Crippen LogP contribution in [0.2, 0.25) is 0 Å². The fourth-order valence-electron chi connectivity index (χ4n) is 2.45. The molecule has 1 unspecified atom stereocenters. The van der Waals surface area contributed by atoms with Crippen LogP contribution in [0.15, 0.2) is 45.9 Å². The molecule has 2 aromatic rings. The van der Waals surface area contributed by atoms with E-state index in [0.717, 1.165) is 43.3 Å². The van der Waals surface area contributed by atoms with Crippen LogP contribution in [0.5, 0.6) is 0 Å². The Hall–Kier alpha value is -1.61. The van der Waals surface area contributed by atoms with Crippen molar-refractivity contribution in [2.75, 3.05) is 19.7 Å². The molecule has 0 aliphatic heterocycles. The summed E-state index contributed by atoms with van der Waals surface area (Å²) in [6, 6.07) is 12.2. The second kappa shape index (κ2) is 13.5. The van der Waals surface area contributed by atoms with Crippen molar-refractivity contribution in [3.8, 4) is 0 Å². The smallest absolute Gasteiger partial charge is 0.191 e. The van der Waals surface area contributed by atoms with E-state index >= 15 is 0 Å². The molecule has 7 heteroatoms. The van der Waals surface area contributed by atoms with Gasteiger partial charge in [0.05, 0.1) is 11.8 Å². The number of benzene rings is 1. The highest BCUT2D eigenvalue weighted by Crippen LogP contribution is 2.15. The third-order valence-electron chi connectivity index (χ3n) is 3.96. The van der Waals surface area contributed by atoms with E-state index in [1.165, 1.54) is 5.56 Å². The van der Waals surface area contributed by atoms with Crippen LogP contribution in [0, 0.1) is 0 Å². The molecular weight excluding hydrogens is 455 g/mol. The van der Waals surface area contributed by atoms with Gasteiger partial charge in [0.1, 0.15) is 6.54 Å². The predicted molar refractivity (Wildman–Crippen MR) is 120 cm³/mol. The van der Waals surface area contributed by atoms with Crippen LogP contribution < -0.4 is 10.6 Å². The molecule has 0 amide bonds. The summed E-state index contributed by atoms with van der Waals surface area (Å²) in [5.41, 5.74) is 2.16. The van der Waals surface area contributed by atoms with Gasteiger partial charge in [0, 0.05) is 25.8 Å². The summed E-state index contributed by atoms with van der Waals surface area (Å²) in [5, 5.41) is 10.5. The molecule has 1 aromatic carbocycles. The summed E-state index contributed by atoms with van der Waals surface area (Å²) in [6.45, 7) is 8.96. The second-order valence-corrected chi connectivity index (χ2v) is 6.04. The van der Waals surface area contributed by atoms with E-state index in [0.29, 0.717) is 13.2 Å². The minimum atomic E-state index is 0. The molecule has 0 aliphatic rings. The number of nitrogens with zero attached hydrogens (tertiary/aromatic N) is 2. The standard InChI is InChI=1S/C20H30N4O2.HI/c1-4-18-14-19(26-24-18)15-23-20(21-5-2)22-12-9-13-25-16(3)17-10-7-6-8-11-17;/h6-8,10-11,14,16H,4-5,9,12-13,15H2,1-3H3,(H2,21,22,23);1H. The number of ether oxygens (including phenoxy) is 1. The summed E-state index contributed by atoms with van der Waals surface area (Å²) in [6.07, 6.45) is 1.88. The number of guanidine groups is 1. The summed E-state index contributed by atoms with van der Waals surface area (Å²) in [4.78, 5) is 4.53. The normalized spacial score (nSPS) is 12.3. The Morgan fingerprint density at radius 3 is 2.67 bits per heavy atom. The van der Waals surface area contributed by atoms with Gasteiger partial charge in [-0.05, 0) is 32.3 Å². The summed E-state index contributed by atoms with van der Waals surface area (Å²) < 4.78 is 11.2. The van der Waals surface area contributed by atoms with E-state index in [1.807, 2.05) is 31.2 Å². The van der Waals surface area contributed by atoms with E-state index < -0.39 is 0 Å². The fourth-order valence-corrected chi connectivity index (χ4v) is 2.45. The lowest BCUT2D eigenvalue weighted by Crippen LogP contribution is -2.38. The van der Waals surface area contributed by atoms with Crippen LogP contribution in [0.3, 0.4) is 0 Å². The van der Waals surface area contributed by atoms with E-state index in [-0.39, 0.29) is 30.1 Å². The molecule has 1 aromatic heterocycles. The molecule has 0 saturated carbocycles. The Labute approximate surface area is 179 Å². The van der Waals surface area contributed by atoms with Crippen LogP contribution in [0.1, 0.15) is 50.3 Å². The number of aryl methyl sites for hydroxylation is 1. The molecule has 27 heavy (non-hydrogen) atoms. The van der Waals surface area contributed by atoms with Gasteiger partial charge in [0.2, 0.25) is 0 Å². The maximum atomic E-state index is 5.89. The number of hydrogen-bond acceptors (Lipinski definition) is 4. The number of hydrogen-bond donors (Lipinski definition) is 2. The number of aromatic nitrogens is 1. The predicted octanol–water partition coefficient (Wildman–Crippen LogP) is 4.08. The molecule has 0 fully saturated rings. The largest absolute Gasteiger partial charge is 0.374 e. The number of halogens is 1. The average Bonchev–Trinajstić information content (AvgIpc) is 3.14.